The Kier molecular flexibility index (Phi) is 4.76. The molecule has 0 unspecified atom stereocenters. The highest BCUT2D eigenvalue weighted by Gasteiger charge is 2.00. The summed E-state index contributed by atoms with van der Waals surface area (Å²) in [5.41, 5.74) is 2.59. The predicted molar refractivity (Wildman–Crippen MR) is 79.3 cm³/mol. The Morgan fingerprint density at radius 3 is 2.56 bits per heavy atom. The number of hydrogen-bond donors (Lipinski definition) is 1. The van der Waals surface area contributed by atoms with Gasteiger partial charge in [-0.3, -0.25) is 0 Å². The molecule has 1 aromatic heterocycles. The van der Waals surface area contributed by atoms with Crippen LogP contribution in [0.3, 0.4) is 0 Å². The van der Waals surface area contributed by atoms with E-state index in [2.05, 4.69) is 48.4 Å². The zero-order chi connectivity index (χ0) is 12.8. The fourth-order valence-electron chi connectivity index (χ4n) is 1.86. The van der Waals surface area contributed by atoms with Gasteiger partial charge >= 0.3 is 0 Å². The summed E-state index contributed by atoms with van der Waals surface area (Å²) < 4.78 is 0. The molecule has 1 N–H and O–H groups in total. The summed E-state index contributed by atoms with van der Waals surface area (Å²) in [7, 11) is 0. The van der Waals surface area contributed by atoms with Gasteiger partial charge in [0.2, 0.25) is 0 Å². The van der Waals surface area contributed by atoms with Crippen molar-refractivity contribution in [1.82, 2.24) is 4.98 Å². The fraction of sp³-hybridized carbons (Fsp3) is 0.400. The lowest BCUT2D eigenvalue weighted by Gasteiger charge is -2.05. The minimum absolute atomic E-state index is 0.866. The molecule has 0 radical (unpaired) electrons. The van der Waals surface area contributed by atoms with Crippen molar-refractivity contribution >= 4 is 17.0 Å². The molecule has 0 amide bonds. The van der Waals surface area contributed by atoms with Crippen LogP contribution in [0.4, 0.5) is 5.69 Å². The maximum absolute atomic E-state index is 4.36. The summed E-state index contributed by atoms with van der Waals surface area (Å²) in [6.45, 7) is 5.22. The van der Waals surface area contributed by atoms with Gasteiger partial charge in [-0.25, -0.2) is 4.98 Å². The minimum Gasteiger partial charge on any atom is -0.380 e. The van der Waals surface area contributed by atoms with Gasteiger partial charge in [-0.2, -0.15) is 0 Å². The minimum atomic E-state index is 0.866. The van der Waals surface area contributed by atoms with Crippen molar-refractivity contribution in [3.05, 3.63) is 45.9 Å². The SMILES string of the molecule is CCCc1ccc(NCc2cnc(CC)s2)cc1. The van der Waals surface area contributed by atoms with Crippen LogP contribution in [0.1, 0.15) is 35.7 Å². The van der Waals surface area contributed by atoms with E-state index in [0.717, 1.165) is 19.4 Å². The van der Waals surface area contributed by atoms with Gasteiger partial charge in [0.25, 0.3) is 0 Å². The lowest BCUT2D eigenvalue weighted by molar-refractivity contribution is 0.922. The largest absolute Gasteiger partial charge is 0.380 e. The number of hydrogen-bond acceptors (Lipinski definition) is 3. The average molecular weight is 260 g/mol. The molecule has 2 rings (SSSR count). The van der Waals surface area contributed by atoms with E-state index in [0.29, 0.717) is 0 Å². The van der Waals surface area contributed by atoms with Gasteiger partial charge in [-0.1, -0.05) is 32.4 Å². The number of thiazole rings is 1. The van der Waals surface area contributed by atoms with Crippen molar-refractivity contribution in [3.63, 3.8) is 0 Å². The Morgan fingerprint density at radius 1 is 1.17 bits per heavy atom. The van der Waals surface area contributed by atoms with Crippen LogP contribution in [0.5, 0.6) is 0 Å². The van der Waals surface area contributed by atoms with Crippen LogP contribution in [0, 0.1) is 0 Å². The zero-order valence-electron chi connectivity index (χ0n) is 11.1. The van der Waals surface area contributed by atoms with Gasteiger partial charge in [0.05, 0.1) is 11.6 Å². The molecule has 2 aromatic rings. The van der Waals surface area contributed by atoms with Crippen LogP contribution in [0.15, 0.2) is 30.5 Å². The summed E-state index contributed by atoms with van der Waals surface area (Å²) in [4.78, 5) is 5.66. The highest BCUT2D eigenvalue weighted by Crippen LogP contribution is 2.16. The number of aromatic nitrogens is 1. The second-order valence-electron chi connectivity index (χ2n) is 4.37. The molecule has 2 nitrogen and oxygen atoms in total. The second-order valence-corrected chi connectivity index (χ2v) is 5.57. The average Bonchev–Trinajstić information content (AvgIpc) is 2.86. The molecule has 1 aromatic carbocycles. The lowest BCUT2D eigenvalue weighted by atomic mass is 10.1. The summed E-state index contributed by atoms with van der Waals surface area (Å²) in [5, 5.41) is 4.65. The third-order valence-electron chi connectivity index (χ3n) is 2.86. The number of benzene rings is 1. The first-order valence-corrected chi connectivity index (χ1v) is 7.40. The highest BCUT2D eigenvalue weighted by molar-refractivity contribution is 7.11. The first-order chi connectivity index (χ1) is 8.81. The molecule has 0 atom stereocenters. The Hall–Kier alpha value is -1.35. The van der Waals surface area contributed by atoms with Gasteiger partial charge in [0.1, 0.15) is 0 Å². The van der Waals surface area contributed by atoms with Crippen molar-refractivity contribution in [1.29, 1.82) is 0 Å². The summed E-state index contributed by atoms with van der Waals surface area (Å²) in [6, 6.07) is 8.73. The molecule has 0 saturated heterocycles. The molecule has 18 heavy (non-hydrogen) atoms. The zero-order valence-corrected chi connectivity index (χ0v) is 11.9. The lowest BCUT2D eigenvalue weighted by Crippen LogP contribution is -1.97. The summed E-state index contributed by atoms with van der Waals surface area (Å²) >= 11 is 1.79. The van der Waals surface area contributed by atoms with Gasteiger partial charge in [0, 0.05) is 16.8 Å². The fourth-order valence-corrected chi connectivity index (χ4v) is 2.66. The molecule has 1 heterocycles. The van der Waals surface area contributed by atoms with Crippen LogP contribution in [0.25, 0.3) is 0 Å². The van der Waals surface area contributed by atoms with E-state index < -0.39 is 0 Å². The molecule has 0 aliphatic carbocycles. The molecule has 0 saturated carbocycles. The van der Waals surface area contributed by atoms with Crippen LogP contribution in [-0.4, -0.2) is 4.98 Å². The van der Waals surface area contributed by atoms with E-state index in [4.69, 9.17) is 0 Å². The number of rotatable bonds is 6. The van der Waals surface area contributed by atoms with Crippen LogP contribution in [-0.2, 0) is 19.4 Å². The maximum atomic E-state index is 4.36. The van der Waals surface area contributed by atoms with Crippen LogP contribution < -0.4 is 5.32 Å². The van der Waals surface area contributed by atoms with Crippen LogP contribution >= 0.6 is 11.3 Å². The van der Waals surface area contributed by atoms with Crippen molar-refractivity contribution in [2.45, 2.75) is 39.7 Å². The van der Waals surface area contributed by atoms with Gasteiger partial charge in [-0.05, 0) is 30.5 Å². The van der Waals surface area contributed by atoms with E-state index in [-0.39, 0.29) is 0 Å². The summed E-state index contributed by atoms with van der Waals surface area (Å²) in [5.74, 6) is 0. The number of nitrogens with zero attached hydrogens (tertiary/aromatic N) is 1. The van der Waals surface area contributed by atoms with Gasteiger partial charge in [0.15, 0.2) is 0 Å². The van der Waals surface area contributed by atoms with E-state index in [9.17, 15) is 0 Å². The monoisotopic (exact) mass is 260 g/mol. The third-order valence-corrected chi connectivity index (χ3v) is 4.00. The summed E-state index contributed by atoms with van der Waals surface area (Å²) in [6.07, 6.45) is 5.36. The molecule has 0 aliphatic heterocycles. The Morgan fingerprint density at radius 2 is 1.94 bits per heavy atom. The molecule has 96 valence electrons. The quantitative estimate of drug-likeness (QED) is 0.839. The topological polar surface area (TPSA) is 24.9 Å². The van der Waals surface area contributed by atoms with E-state index in [1.165, 1.54) is 27.6 Å². The van der Waals surface area contributed by atoms with Crippen molar-refractivity contribution < 1.29 is 0 Å². The second kappa shape index (κ2) is 6.55. The standard InChI is InChI=1S/C15H20N2S/c1-3-5-12-6-8-13(9-7-12)16-10-14-11-17-15(4-2)18-14/h6-9,11,16H,3-5,10H2,1-2H3. The Labute approximate surface area is 113 Å². The van der Waals surface area contributed by atoms with Crippen molar-refractivity contribution in [2.24, 2.45) is 0 Å². The number of anilines is 1. The first-order valence-electron chi connectivity index (χ1n) is 6.58. The van der Waals surface area contributed by atoms with Gasteiger partial charge in [-0.15, -0.1) is 11.3 Å². The van der Waals surface area contributed by atoms with Crippen molar-refractivity contribution in [2.75, 3.05) is 5.32 Å². The predicted octanol–water partition coefficient (Wildman–Crippen LogP) is 4.27. The molecule has 0 fully saturated rings. The molecule has 0 aliphatic rings. The van der Waals surface area contributed by atoms with Crippen molar-refractivity contribution in [3.8, 4) is 0 Å². The third kappa shape index (κ3) is 3.57. The van der Waals surface area contributed by atoms with Crippen LogP contribution in [0.2, 0.25) is 0 Å². The van der Waals surface area contributed by atoms with E-state index in [1.54, 1.807) is 11.3 Å². The number of nitrogens with one attached hydrogen (secondary N) is 1. The molecule has 0 bridgehead atoms. The normalized spacial score (nSPS) is 10.6. The Bertz CT molecular complexity index is 473. The first kappa shape index (κ1) is 13.1. The number of aryl methyl sites for hydroxylation is 2. The Balaban J connectivity index is 1.89. The molecular formula is C15H20N2S. The molecule has 0 spiro atoms. The smallest absolute Gasteiger partial charge is 0.0925 e. The maximum Gasteiger partial charge on any atom is 0.0925 e. The van der Waals surface area contributed by atoms with Gasteiger partial charge < -0.3 is 5.32 Å². The van der Waals surface area contributed by atoms with E-state index >= 15 is 0 Å². The highest BCUT2D eigenvalue weighted by atomic mass is 32.1. The molecule has 3 heteroatoms. The molecular weight excluding hydrogens is 240 g/mol. The van der Waals surface area contributed by atoms with E-state index in [1.807, 2.05) is 6.20 Å².